The molecule has 0 radical (unpaired) electrons. The van der Waals surface area contributed by atoms with Crippen LogP contribution in [0, 0.1) is 28.6 Å². The van der Waals surface area contributed by atoms with E-state index in [4.69, 9.17) is 4.98 Å². The highest BCUT2D eigenvalue weighted by Gasteiger charge is 2.60. The molecule has 1 N–H and O–H groups in total. The first kappa shape index (κ1) is 22.5. The topological polar surface area (TPSA) is 62.3 Å². The second-order valence-electron chi connectivity index (χ2n) is 11.3. The van der Waals surface area contributed by atoms with Crippen molar-refractivity contribution >= 4 is 39.6 Å². The van der Waals surface area contributed by atoms with E-state index in [1.54, 1.807) is 11.3 Å². The highest BCUT2D eigenvalue weighted by molar-refractivity contribution is 7.14. The third kappa shape index (κ3) is 3.26. The van der Waals surface area contributed by atoms with E-state index < -0.39 is 0 Å². The Bertz CT molecular complexity index is 1140. The molecule has 7 atom stereocenters. The van der Waals surface area contributed by atoms with Crippen LogP contribution in [0.15, 0.2) is 35.0 Å². The predicted molar refractivity (Wildman–Crippen MR) is 137 cm³/mol. The van der Waals surface area contributed by atoms with Crippen LogP contribution >= 0.6 is 22.7 Å². The summed E-state index contributed by atoms with van der Waals surface area (Å²) in [6.07, 6.45) is 11.3. The van der Waals surface area contributed by atoms with Gasteiger partial charge in [-0.05, 0) is 79.2 Å². The van der Waals surface area contributed by atoms with Gasteiger partial charge in [0.15, 0.2) is 5.13 Å². The molecule has 6 rings (SSSR count). The number of hydrogen-bond donors (Lipinski definition) is 1. The van der Waals surface area contributed by atoms with Crippen molar-refractivity contribution < 1.29 is 9.59 Å². The van der Waals surface area contributed by atoms with E-state index in [0.29, 0.717) is 34.8 Å². The van der Waals surface area contributed by atoms with Crippen LogP contribution in [0.5, 0.6) is 0 Å². The Morgan fingerprint density at radius 3 is 2.79 bits per heavy atom. The summed E-state index contributed by atoms with van der Waals surface area (Å²) in [6.45, 7) is 4.92. The number of nitrogens with one attached hydrogen (secondary N) is 1. The van der Waals surface area contributed by atoms with Crippen molar-refractivity contribution in [2.45, 2.75) is 64.3 Å². The largest absolute Gasteiger partial charge is 0.338 e. The first-order chi connectivity index (χ1) is 16.3. The molecule has 4 aliphatic rings. The van der Waals surface area contributed by atoms with Gasteiger partial charge in [-0.3, -0.25) is 14.9 Å². The summed E-state index contributed by atoms with van der Waals surface area (Å²) in [4.78, 5) is 32.4. The SMILES string of the molecule is CN1C(=O)C=C[C@]2(C)[C@H]3CC[C@]4(C)[C@@H](c5csc(NC(=O)c6cccs6)n5)CC[C@H]4[C@@H]3CC[C@@H]12. The fraction of sp³-hybridized carbons (Fsp3) is 0.593. The Hall–Kier alpha value is -1.99. The molecule has 7 heteroatoms. The van der Waals surface area contributed by atoms with Crippen LogP contribution in [0.1, 0.15) is 73.7 Å². The lowest BCUT2D eigenvalue weighted by atomic mass is 9.47. The molecular formula is C27H33N3O2S2. The van der Waals surface area contributed by atoms with Crippen molar-refractivity contribution in [1.82, 2.24) is 9.88 Å². The zero-order chi connectivity index (χ0) is 23.7. The number of fused-ring (bicyclic) bond motifs is 5. The van der Waals surface area contributed by atoms with Crippen LogP contribution in [0.2, 0.25) is 0 Å². The van der Waals surface area contributed by atoms with Crippen LogP contribution < -0.4 is 5.32 Å². The lowest BCUT2D eigenvalue weighted by Gasteiger charge is -2.60. The van der Waals surface area contributed by atoms with Crippen molar-refractivity contribution in [2.24, 2.45) is 28.6 Å². The molecule has 0 unspecified atom stereocenters. The Kier molecular flexibility index (Phi) is 5.30. The molecule has 34 heavy (non-hydrogen) atoms. The third-order valence-electron chi connectivity index (χ3n) is 9.97. The van der Waals surface area contributed by atoms with Gasteiger partial charge in [0.05, 0.1) is 10.6 Å². The number of rotatable bonds is 3. The Balaban J connectivity index is 1.22. The first-order valence-electron chi connectivity index (χ1n) is 12.6. The first-order valence-corrected chi connectivity index (χ1v) is 14.3. The molecule has 3 heterocycles. The van der Waals surface area contributed by atoms with E-state index in [-0.39, 0.29) is 22.6 Å². The van der Waals surface area contributed by atoms with Gasteiger partial charge in [-0.25, -0.2) is 4.98 Å². The molecule has 1 aliphatic heterocycles. The zero-order valence-electron chi connectivity index (χ0n) is 20.1. The summed E-state index contributed by atoms with van der Waals surface area (Å²) in [5.74, 6) is 2.61. The maximum atomic E-state index is 12.5. The minimum Gasteiger partial charge on any atom is -0.338 e. The summed E-state index contributed by atoms with van der Waals surface area (Å²) in [5, 5.41) is 7.81. The summed E-state index contributed by atoms with van der Waals surface area (Å²) in [6, 6.07) is 4.08. The Morgan fingerprint density at radius 2 is 2.00 bits per heavy atom. The molecule has 0 bridgehead atoms. The normalized spacial score (nSPS) is 38.9. The standard InChI is InChI=1S/C27H33N3O2S2/c1-26-12-10-18-16(6-9-22-27(18,2)13-11-23(31)30(22)3)17(26)7-8-19(26)20-15-34-25(28-20)29-24(32)21-5-4-14-33-21/h4-5,11,13-19,22H,6-10,12H2,1-3H3,(H,28,29,32)/t16-,17-,18-,19+,22+,26-,27+/m0/s1. The van der Waals surface area contributed by atoms with E-state index in [0.717, 1.165) is 17.0 Å². The van der Waals surface area contributed by atoms with Gasteiger partial charge in [-0.15, -0.1) is 22.7 Å². The van der Waals surface area contributed by atoms with Crippen molar-refractivity contribution in [1.29, 1.82) is 0 Å². The number of thiazole rings is 1. The van der Waals surface area contributed by atoms with Gasteiger partial charge in [0.1, 0.15) is 0 Å². The van der Waals surface area contributed by atoms with Crippen LogP contribution in [0.3, 0.4) is 0 Å². The van der Waals surface area contributed by atoms with Gasteiger partial charge in [-0.2, -0.15) is 0 Å². The van der Waals surface area contributed by atoms with Gasteiger partial charge < -0.3 is 4.90 Å². The summed E-state index contributed by atoms with van der Waals surface area (Å²) in [7, 11) is 1.99. The molecule has 0 spiro atoms. The fourth-order valence-corrected chi connectivity index (χ4v) is 9.67. The molecule has 2 aromatic heterocycles. The maximum Gasteiger partial charge on any atom is 0.267 e. The summed E-state index contributed by atoms with van der Waals surface area (Å²) < 4.78 is 0. The van der Waals surface area contributed by atoms with Crippen LogP contribution in [0.25, 0.3) is 0 Å². The average Bonchev–Trinajstić information content (AvgIpc) is 3.56. The molecular weight excluding hydrogens is 462 g/mol. The number of carbonyl (C=O) groups is 2. The predicted octanol–water partition coefficient (Wildman–Crippen LogP) is 6.18. The molecule has 5 nitrogen and oxygen atoms in total. The average molecular weight is 496 g/mol. The number of hydrogen-bond acceptors (Lipinski definition) is 5. The second-order valence-corrected chi connectivity index (χ2v) is 13.1. The minimum absolute atomic E-state index is 0.0686. The van der Waals surface area contributed by atoms with Crippen LogP contribution in [-0.4, -0.2) is 34.8 Å². The highest BCUT2D eigenvalue weighted by atomic mass is 32.1. The van der Waals surface area contributed by atoms with Crippen molar-refractivity contribution in [3.8, 4) is 0 Å². The number of thiophene rings is 1. The third-order valence-corrected chi connectivity index (χ3v) is 11.6. The van der Waals surface area contributed by atoms with E-state index in [1.165, 1.54) is 43.4 Å². The molecule has 2 amide bonds. The lowest BCUT2D eigenvalue weighted by Crippen LogP contribution is -2.59. The monoisotopic (exact) mass is 495 g/mol. The fourth-order valence-electron chi connectivity index (χ4n) is 8.29. The van der Waals surface area contributed by atoms with Gasteiger partial charge in [0, 0.05) is 29.8 Å². The molecule has 3 saturated carbocycles. The van der Waals surface area contributed by atoms with Gasteiger partial charge in [0.2, 0.25) is 5.91 Å². The van der Waals surface area contributed by atoms with Crippen LogP contribution in [0.4, 0.5) is 5.13 Å². The van der Waals surface area contributed by atoms with Crippen LogP contribution in [-0.2, 0) is 4.79 Å². The Labute approximate surface area is 209 Å². The minimum atomic E-state index is -0.0686. The molecule has 3 aliphatic carbocycles. The summed E-state index contributed by atoms with van der Waals surface area (Å²) in [5.41, 5.74) is 1.51. The van der Waals surface area contributed by atoms with Crippen molar-refractivity contribution in [3.05, 3.63) is 45.6 Å². The maximum absolute atomic E-state index is 12.5. The van der Waals surface area contributed by atoms with Gasteiger partial charge >= 0.3 is 0 Å². The summed E-state index contributed by atoms with van der Waals surface area (Å²) >= 11 is 3.01. The zero-order valence-corrected chi connectivity index (χ0v) is 21.8. The highest BCUT2D eigenvalue weighted by Crippen LogP contribution is 2.67. The molecule has 3 fully saturated rings. The quantitative estimate of drug-likeness (QED) is 0.553. The number of carbonyl (C=O) groups excluding carboxylic acids is 2. The number of likely N-dealkylation sites (N-methyl/N-ethyl adjacent to an activating group) is 1. The van der Waals surface area contributed by atoms with Crippen molar-refractivity contribution in [3.63, 3.8) is 0 Å². The molecule has 2 aromatic rings. The number of nitrogens with zero attached hydrogens (tertiary/aromatic N) is 2. The lowest BCUT2D eigenvalue weighted by molar-refractivity contribution is -0.138. The smallest absolute Gasteiger partial charge is 0.267 e. The number of anilines is 1. The van der Waals surface area contributed by atoms with Crippen molar-refractivity contribution in [2.75, 3.05) is 12.4 Å². The van der Waals surface area contributed by atoms with E-state index in [9.17, 15) is 9.59 Å². The molecule has 0 saturated heterocycles. The Morgan fingerprint density at radius 1 is 1.15 bits per heavy atom. The number of aromatic nitrogens is 1. The van der Waals surface area contributed by atoms with E-state index >= 15 is 0 Å². The molecule has 180 valence electrons. The molecule has 0 aromatic carbocycles. The van der Waals surface area contributed by atoms with Gasteiger partial charge in [-0.1, -0.05) is 26.0 Å². The van der Waals surface area contributed by atoms with E-state index in [1.807, 2.05) is 35.5 Å². The van der Waals surface area contributed by atoms with Gasteiger partial charge in [0.25, 0.3) is 5.91 Å². The number of amides is 2. The second kappa shape index (κ2) is 8.02. The van der Waals surface area contributed by atoms with E-state index in [2.05, 4.69) is 30.6 Å².